The highest BCUT2D eigenvalue weighted by molar-refractivity contribution is 6.08. The molecule has 1 fully saturated rings. The zero-order chi connectivity index (χ0) is 40.2. The van der Waals surface area contributed by atoms with Crippen molar-refractivity contribution in [1.82, 2.24) is 0 Å². The largest absolute Gasteiger partial charge is 0.504 e. The molecule has 21 nitrogen and oxygen atoms in total. The fraction of sp³-hybridized carbons (Fsp3) is 0.176. The second-order valence-corrected chi connectivity index (χ2v) is 11.9. The molecule has 0 spiro atoms. The number of rotatable bonds is 4. The van der Waals surface area contributed by atoms with Crippen LogP contribution in [0.2, 0.25) is 0 Å². The van der Waals surface area contributed by atoms with E-state index in [1.165, 1.54) is 0 Å². The van der Waals surface area contributed by atoms with Crippen LogP contribution in [0.1, 0.15) is 41.4 Å². The van der Waals surface area contributed by atoms with Crippen molar-refractivity contribution in [2.24, 2.45) is 0 Å². The van der Waals surface area contributed by atoms with Gasteiger partial charge in [-0.05, 0) is 36.4 Å². The molecule has 0 unspecified atom stereocenters. The van der Waals surface area contributed by atoms with Crippen molar-refractivity contribution in [2.75, 3.05) is 13.2 Å². The minimum absolute atomic E-state index is 0.506. The number of ether oxygens (including phenoxy) is 5. The molecule has 4 aromatic rings. The van der Waals surface area contributed by atoms with Gasteiger partial charge < -0.3 is 85.0 Å². The van der Waals surface area contributed by atoms with Crippen molar-refractivity contribution in [1.29, 1.82) is 0 Å². The Labute approximate surface area is 304 Å². The molecular formula is C34H26O21. The molecule has 0 amide bonds. The normalized spacial score (nSPS) is 19.3. The summed E-state index contributed by atoms with van der Waals surface area (Å²) in [5.41, 5.74) is -4.86. The number of hydrogen-bond donors (Lipinski definition) is 12. The highest BCUT2D eigenvalue weighted by atomic mass is 16.7. The Morgan fingerprint density at radius 1 is 0.527 bits per heavy atom. The van der Waals surface area contributed by atoms with Crippen LogP contribution in [0.4, 0.5) is 0 Å². The van der Waals surface area contributed by atoms with Gasteiger partial charge in [-0.25, -0.2) is 19.2 Å². The summed E-state index contributed by atoms with van der Waals surface area (Å²) in [6.45, 7) is -1.69. The van der Waals surface area contributed by atoms with E-state index < -0.39 is 164 Å². The van der Waals surface area contributed by atoms with Gasteiger partial charge in [0.15, 0.2) is 75.8 Å². The molecule has 2 aliphatic rings. The zero-order valence-electron chi connectivity index (χ0n) is 27.2. The predicted molar refractivity (Wildman–Crippen MR) is 172 cm³/mol. The van der Waals surface area contributed by atoms with Crippen LogP contribution in [0.5, 0.6) is 69.0 Å². The zero-order valence-corrected chi connectivity index (χ0v) is 27.2. The molecule has 21 heteroatoms. The number of carbonyl (C=O) groups excluding carboxylic acids is 4. The Kier molecular flexibility index (Phi) is 9.24. The topological polar surface area (TPSA) is 357 Å². The molecular weight excluding hydrogens is 744 g/mol. The Hall–Kier alpha value is -7.68. The lowest BCUT2D eigenvalue weighted by Crippen LogP contribution is -2.59. The van der Waals surface area contributed by atoms with E-state index in [1.807, 2.05) is 0 Å². The van der Waals surface area contributed by atoms with Crippen molar-refractivity contribution in [3.05, 3.63) is 58.7 Å². The lowest BCUT2D eigenvalue weighted by atomic mass is 9.92. The van der Waals surface area contributed by atoms with Crippen LogP contribution in [-0.4, -0.2) is 123 Å². The van der Waals surface area contributed by atoms with E-state index in [0.717, 1.165) is 0 Å². The van der Waals surface area contributed by atoms with Crippen molar-refractivity contribution in [3.63, 3.8) is 0 Å². The van der Waals surface area contributed by atoms with Crippen LogP contribution in [0.3, 0.4) is 0 Å². The van der Waals surface area contributed by atoms with Gasteiger partial charge >= 0.3 is 23.9 Å². The van der Waals surface area contributed by atoms with Gasteiger partial charge in [-0.2, -0.15) is 0 Å². The second kappa shape index (κ2) is 13.7. The first-order chi connectivity index (χ1) is 25.9. The maximum absolute atomic E-state index is 14.0. The van der Waals surface area contributed by atoms with Crippen LogP contribution >= 0.6 is 0 Å². The average molecular weight is 771 g/mol. The van der Waals surface area contributed by atoms with Gasteiger partial charge in [0.05, 0.1) is 28.9 Å². The number of hydrogen-bond acceptors (Lipinski definition) is 21. The lowest BCUT2D eigenvalue weighted by Gasteiger charge is -2.40. The minimum atomic E-state index is -2.04. The van der Waals surface area contributed by atoms with Crippen LogP contribution < -0.4 is 0 Å². The molecule has 2 heterocycles. The quantitative estimate of drug-likeness (QED) is 0.0791. The fourth-order valence-corrected chi connectivity index (χ4v) is 5.74. The summed E-state index contributed by atoms with van der Waals surface area (Å²) in [5.74, 6) is -19.2. The maximum atomic E-state index is 14.0. The first-order valence-corrected chi connectivity index (χ1v) is 15.4. The molecule has 1 saturated heterocycles. The summed E-state index contributed by atoms with van der Waals surface area (Å²) >= 11 is 0. The number of phenolic OH excluding ortho intramolecular Hbond substituents is 12. The third-order valence-electron chi connectivity index (χ3n) is 8.46. The Morgan fingerprint density at radius 2 is 0.945 bits per heavy atom. The number of aromatic hydroxyl groups is 12. The predicted octanol–water partition coefficient (Wildman–Crippen LogP) is 1.37. The monoisotopic (exact) mass is 770 g/mol. The first-order valence-electron chi connectivity index (χ1n) is 15.4. The number of carbonyl (C=O) groups is 4. The van der Waals surface area contributed by atoms with Crippen LogP contribution in [-0.2, 0) is 23.7 Å². The molecule has 0 aromatic heterocycles. The van der Waals surface area contributed by atoms with Crippen LogP contribution in [0.15, 0.2) is 36.4 Å². The smallest absolute Gasteiger partial charge is 0.339 e. The van der Waals surface area contributed by atoms with Gasteiger partial charge in [-0.1, -0.05) is 0 Å². The average Bonchev–Trinajstić information content (AvgIpc) is 3.15. The molecule has 0 bridgehead atoms. The molecule has 55 heavy (non-hydrogen) atoms. The van der Waals surface area contributed by atoms with Gasteiger partial charge in [0, 0.05) is 11.1 Å². The third-order valence-corrected chi connectivity index (χ3v) is 8.46. The number of esters is 4. The van der Waals surface area contributed by atoms with E-state index in [0.29, 0.717) is 36.4 Å². The molecule has 4 atom stereocenters. The molecule has 6 rings (SSSR count). The van der Waals surface area contributed by atoms with E-state index >= 15 is 0 Å². The van der Waals surface area contributed by atoms with Crippen molar-refractivity contribution >= 4 is 23.9 Å². The highest BCUT2D eigenvalue weighted by Crippen LogP contribution is 2.53. The number of cyclic esters (lactones) is 1. The summed E-state index contributed by atoms with van der Waals surface area (Å²) in [7, 11) is 0. The van der Waals surface area contributed by atoms with Crippen LogP contribution in [0, 0.1) is 0 Å². The van der Waals surface area contributed by atoms with Gasteiger partial charge in [0.25, 0.3) is 0 Å². The minimum Gasteiger partial charge on any atom is -0.504 e. The third kappa shape index (κ3) is 6.50. The van der Waals surface area contributed by atoms with Crippen molar-refractivity contribution in [3.8, 4) is 80.1 Å². The Morgan fingerprint density at radius 3 is 1.42 bits per heavy atom. The molecule has 0 saturated carbocycles. The summed E-state index contributed by atoms with van der Waals surface area (Å²) in [4.78, 5) is 54.2. The van der Waals surface area contributed by atoms with Gasteiger partial charge in [0.2, 0.25) is 11.5 Å². The molecule has 0 aliphatic carbocycles. The summed E-state index contributed by atoms with van der Waals surface area (Å²) < 4.78 is 27.6. The first kappa shape index (κ1) is 37.1. The standard InChI is InChI=1S/C34H26O21/c35-13-1-9(2-14(36)23(13)41)31(47)53-20-8-51-19-7-52-33(49)11-5-17(39)25(43)27(45)21(11)22-12(6-18(40)26(44)28(22)46)34(50)55-29(19)30(20)54-32(48)10-3-15(37)24(42)16(38)4-10/h1-6,19-20,29-30,35-46H,7-8H2/t19-,20+,29-,30-/m0/s1. The van der Waals surface area contributed by atoms with E-state index in [2.05, 4.69) is 0 Å². The summed E-state index contributed by atoms with van der Waals surface area (Å²) in [6, 6.07) is 3.77. The van der Waals surface area contributed by atoms with Crippen molar-refractivity contribution < 1.29 is 104 Å². The van der Waals surface area contributed by atoms with Crippen LogP contribution in [0.25, 0.3) is 11.1 Å². The molecule has 4 aromatic carbocycles. The van der Waals surface area contributed by atoms with Gasteiger partial charge in [-0.3, -0.25) is 0 Å². The molecule has 0 radical (unpaired) electrons. The SMILES string of the molecule is O=C(O[C@@H]1[C@H]2OC(=O)c3cc(O)c(O)c(O)c3-c3c(cc(O)c(O)c3O)C(=O)OC[C@@H]2OC[C@H]1OC(=O)c1cc(O)c(O)c(O)c1)c1cc(O)c(O)c(O)c1. The highest BCUT2D eigenvalue weighted by Gasteiger charge is 2.49. The van der Waals surface area contributed by atoms with E-state index in [-0.39, 0.29) is 0 Å². The van der Waals surface area contributed by atoms with Gasteiger partial charge in [-0.15, -0.1) is 0 Å². The lowest BCUT2D eigenvalue weighted by molar-refractivity contribution is -0.197. The van der Waals surface area contributed by atoms with E-state index in [4.69, 9.17) is 23.7 Å². The number of benzene rings is 4. The fourth-order valence-electron chi connectivity index (χ4n) is 5.74. The van der Waals surface area contributed by atoms with E-state index in [1.54, 1.807) is 0 Å². The van der Waals surface area contributed by atoms with E-state index in [9.17, 15) is 80.5 Å². The molecule has 2 aliphatic heterocycles. The maximum Gasteiger partial charge on any atom is 0.339 e. The Bertz CT molecular complexity index is 2250. The van der Waals surface area contributed by atoms with Gasteiger partial charge in [0.1, 0.15) is 12.7 Å². The number of phenols is 12. The number of fused-ring (bicyclic) bond motifs is 4. The molecule has 288 valence electrons. The second-order valence-electron chi connectivity index (χ2n) is 11.9. The summed E-state index contributed by atoms with van der Waals surface area (Å²) in [6.07, 6.45) is -7.59. The molecule has 12 N–H and O–H groups in total. The Balaban J connectivity index is 1.49. The van der Waals surface area contributed by atoms with Crippen molar-refractivity contribution in [2.45, 2.75) is 24.4 Å². The summed E-state index contributed by atoms with van der Waals surface area (Å²) in [5, 5.41) is 122.